The lowest BCUT2D eigenvalue weighted by Crippen LogP contribution is -2.25. The van der Waals surface area contributed by atoms with E-state index in [0.717, 1.165) is 53.4 Å². The van der Waals surface area contributed by atoms with Crippen molar-refractivity contribution >= 4 is 17.0 Å². The van der Waals surface area contributed by atoms with Crippen LogP contribution in [-0.2, 0) is 4.79 Å². The van der Waals surface area contributed by atoms with E-state index in [9.17, 15) is 9.18 Å². The molecular weight excluding hydrogens is 433 g/mol. The van der Waals surface area contributed by atoms with E-state index < -0.39 is 5.97 Å². The van der Waals surface area contributed by atoms with E-state index in [0.29, 0.717) is 17.3 Å². The van der Waals surface area contributed by atoms with Gasteiger partial charge in [-0.1, -0.05) is 12.1 Å². The van der Waals surface area contributed by atoms with Crippen LogP contribution < -0.4 is 4.74 Å². The molecule has 0 spiro atoms. The van der Waals surface area contributed by atoms with Crippen LogP contribution in [0, 0.1) is 18.7 Å². The molecule has 0 saturated heterocycles. The number of ether oxygens (including phenoxy) is 1. The maximum atomic E-state index is 15.0. The molecule has 0 aliphatic heterocycles. The Labute approximate surface area is 196 Å². The van der Waals surface area contributed by atoms with Crippen molar-refractivity contribution in [3.8, 4) is 28.4 Å². The van der Waals surface area contributed by atoms with E-state index >= 15 is 0 Å². The number of imidazole rings is 1. The van der Waals surface area contributed by atoms with E-state index in [1.165, 1.54) is 6.07 Å². The molecule has 0 radical (unpaired) electrons. The van der Waals surface area contributed by atoms with Crippen LogP contribution >= 0.6 is 0 Å². The Balaban J connectivity index is 1.26. The summed E-state index contributed by atoms with van der Waals surface area (Å²) in [6.07, 6.45) is 5.32. The van der Waals surface area contributed by atoms with E-state index in [2.05, 4.69) is 15.0 Å². The Bertz CT molecular complexity index is 1320. The second-order valence-corrected chi connectivity index (χ2v) is 9.04. The predicted molar refractivity (Wildman–Crippen MR) is 128 cm³/mol. The van der Waals surface area contributed by atoms with Crippen molar-refractivity contribution in [1.29, 1.82) is 0 Å². The molecule has 0 amide bonds. The molecule has 1 saturated carbocycles. The number of aliphatic carboxylic acids is 1. The fourth-order valence-corrected chi connectivity index (χ4v) is 4.63. The van der Waals surface area contributed by atoms with Crippen LogP contribution in [0.25, 0.3) is 33.5 Å². The molecule has 1 aliphatic rings. The van der Waals surface area contributed by atoms with Gasteiger partial charge in [0.05, 0.1) is 16.6 Å². The van der Waals surface area contributed by atoms with Crippen LogP contribution in [-0.4, -0.2) is 32.1 Å². The molecule has 1 aliphatic carbocycles. The maximum Gasteiger partial charge on any atom is 0.303 e. The molecule has 2 aromatic heterocycles. The van der Waals surface area contributed by atoms with Crippen molar-refractivity contribution in [2.75, 3.05) is 0 Å². The molecule has 174 valence electrons. The minimum absolute atomic E-state index is 0.0488. The number of aromatic amines is 1. The highest BCUT2D eigenvalue weighted by atomic mass is 19.1. The first kappa shape index (κ1) is 22.1. The molecule has 5 rings (SSSR count). The number of carboxylic acid groups (broad SMARTS) is 1. The van der Waals surface area contributed by atoms with E-state index in [-0.39, 0.29) is 24.3 Å². The smallest absolute Gasteiger partial charge is 0.303 e. The van der Waals surface area contributed by atoms with Crippen molar-refractivity contribution in [1.82, 2.24) is 15.0 Å². The summed E-state index contributed by atoms with van der Waals surface area (Å²) in [5.74, 6) is 0.171. The van der Waals surface area contributed by atoms with E-state index in [4.69, 9.17) is 9.84 Å². The van der Waals surface area contributed by atoms with Crippen molar-refractivity contribution in [2.24, 2.45) is 5.92 Å². The SMILES string of the molecule is Cc1ccc2nc(-c3ccc(-c4ccc(O[C@H]5CC[C@@H](CC(=O)O)CC5)nc4)cc3F)[nH]c2c1. The van der Waals surface area contributed by atoms with Gasteiger partial charge in [-0.15, -0.1) is 0 Å². The van der Waals surface area contributed by atoms with Gasteiger partial charge in [0.15, 0.2) is 0 Å². The molecule has 0 unspecified atom stereocenters. The van der Waals surface area contributed by atoms with Gasteiger partial charge in [0.25, 0.3) is 0 Å². The highest BCUT2D eigenvalue weighted by molar-refractivity contribution is 5.80. The highest BCUT2D eigenvalue weighted by Crippen LogP contribution is 2.31. The summed E-state index contributed by atoms with van der Waals surface area (Å²) >= 11 is 0. The minimum atomic E-state index is -0.737. The Morgan fingerprint density at radius 3 is 2.59 bits per heavy atom. The lowest BCUT2D eigenvalue weighted by Gasteiger charge is -2.27. The number of fused-ring (bicyclic) bond motifs is 1. The van der Waals surface area contributed by atoms with Crippen LogP contribution in [0.2, 0.25) is 0 Å². The number of hydrogen-bond donors (Lipinski definition) is 2. The molecule has 0 bridgehead atoms. The van der Waals surface area contributed by atoms with Gasteiger partial charge in [0.2, 0.25) is 5.88 Å². The maximum absolute atomic E-state index is 15.0. The number of carboxylic acids is 1. The van der Waals surface area contributed by atoms with E-state index in [1.807, 2.05) is 37.3 Å². The first-order chi connectivity index (χ1) is 16.4. The number of H-pyrrole nitrogens is 1. The number of pyridine rings is 1. The van der Waals surface area contributed by atoms with E-state index in [1.54, 1.807) is 18.3 Å². The Kier molecular flexibility index (Phi) is 6.01. The van der Waals surface area contributed by atoms with Gasteiger partial charge >= 0.3 is 5.97 Å². The zero-order chi connectivity index (χ0) is 23.7. The molecule has 7 heteroatoms. The number of rotatable bonds is 6. The lowest BCUT2D eigenvalue weighted by atomic mass is 9.85. The molecule has 6 nitrogen and oxygen atoms in total. The largest absolute Gasteiger partial charge is 0.481 e. The zero-order valence-electron chi connectivity index (χ0n) is 18.9. The quantitative estimate of drug-likeness (QED) is 0.361. The third-order valence-corrected chi connectivity index (χ3v) is 6.48. The Hall–Kier alpha value is -3.74. The third-order valence-electron chi connectivity index (χ3n) is 6.48. The van der Waals surface area contributed by atoms with Crippen molar-refractivity contribution in [2.45, 2.75) is 45.1 Å². The molecule has 2 heterocycles. The molecule has 1 fully saturated rings. The fraction of sp³-hybridized carbons (Fsp3) is 0.296. The summed E-state index contributed by atoms with van der Waals surface area (Å²) < 4.78 is 21.0. The monoisotopic (exact) mass is 459 g/mol. The number of aryl methyl sites for hydroxylation is 1. The molecular formula is C27H26FN3O3. The zero-order valence-corrected chi connectivity index (χ0v) is 18.9. The van der Waals surface area contributed by atoms with Crippen LogP contribution in [0.3, 0.4) is 0 Å². The standard InChI is InChI=1S/C27H26FN3O3/c1-16-2-10-23-24(12-16)31-27(30-23)21-9-5-18(14-22(21)28)19-6-11-25(29-15-19)34-20-7-3-17(4-8-20)13-26(32)33/h2,5-6,9-12,14-15,17,20H,3-4,7-8,13H2,1H3,(H,30,31)(H,32,33)/t17-,20+. The number of nitrogens with zero attached hydrogens (tertiary/aromatic N) is 2. The van der Waals surface area contributed by atoms with Gasteiger partial charge in [-0.05, 0) is 80.0 Å². The van der Waals surface area contributed by atoms with Gasteiger partial charge in [0.1, 0.15) is 17.7 Å². The molecule has 4 aromatic rings. The molecule has 34 heavy (non-hydrogen) atoms. The number of carbonyl (C=O) groups is 1. The number of aromatic nitrogens is 3. The summed E-state index contributed by atoms with van der Waals surface area (Å²) in [4.78, 5) is 23.0. The average molecular weight is 460 g/mol. The van der Waals surface area contributed by atoms with Gasteiger partial charge in [0, 0.05) is 24.2 Å². The lowest BCUT2D eigenvalue weighted by molar-refractivity contribution is -0.138. The summed E-state index contributed by atoms with van der Waals surface area (Å²) in [6.45, 7) is 2.01. The average Bonchev–Trinajstić information content (AvgIpc) is 3.23. The van der Waals surface area contributed by atoms with Crippen molar-refractivity contribution in [3.05, 3.63) is 66.1 Å². The third kappa shape index (κ3) is 4.78. The van der Waals surface area contributed by atoms with Crippen LogP contribution in [0.5, 0.6) is 5.88 Å². The Morgan fingerprint density at radius 1 is 1.09 bits per heavy atom. The summed E-state index contributed by atoms with van der Waals surface area (Å²) in [5.41, 5.74) is 4.74. The van der Waals surface area contributed by atoms with Crippen LogP contribution in [0.4, 0.5) is 4.39 Å². The normalized spacial score (nSPS) is 18.2. The second kappa shape index (κ2) is 9.25. The van der Waals surface area contributed by atoms with Crippen molar-refractivity contribution < 1.29 is 19.0 Å². The molecule has 0 atom stereocenters. The minimum Gasteiger partial charge on any atom is -0.481 e. The van der Waals surface area contributed by atoms with Crippen LogP contribution in [0.15, 0.2) is 54.7 Å². The van der Waals surface area contributed by atoms with Gasteiger partial charge in [-0.25, -0.2) is 14.4 Å². The molecule has 2 N–H and O–H groups in total. The first-order valence-electron chi connectivity index (χ1n) is 11.6. The second-order valence-electron chi connectivity index (χ2n) is 9.04. The number of halogens is 1. The first-order valence-corrected chi connectivity index (χ1v) is 11.6. The number of nitrogens with one attached hydrogen (secondary N) is 1. The van der Waals surface area contributed by atoms with Crippen LogP contribution in [0.1, 0.15) is 37.7 Å². The summed E-state index contributed by atoms with van der Waals surface area (Å²) in [5, 5.41) is 8.95. The van der Waals surface area contributed by atoms with Gasteiger partial charge in [-0.3, -0.25) is 4.79 Å². The van der Waals surface area contributed by atoms with Gasteiger partial charge < -0.3 is 14.8 Å². The molecule has 2 aromatic carbocycles. The number of hydrogen-bond acceptors (Lipinski definition) is 4. The van der Waals surface area contributed by atoms with Gasteiger partial charge in [-0.2, -0.15) is 0 Å². The summed E-state index contributed by atoms with van der Waals surface area (Å²) in [6, 6.07) is 14.7. The topological polar surface area (TPSA) is 88.1 Å². The number of benzene rings is 2. The van der Waals surface area contributed by atoms with Crippen molar-refractivity contribution in [3.63, 3.8) is 0 Å². The fourth-order valence-electron chi connectivity index (χ4n) is 4.63. The summed E-state index contributed by atoms with van der Waals surface area (Å²) in [7, 11) is 0. The Morgan fingerprint density at radius 2 is 1.88 bits per heavy atom. The predicted octanol–water partition coefficient (Wildman–Crippen LogP) is 6.15. The highest BCUT2D eigenvalue weighted by Gasteiger charge is 2.24.